The average Bonchev–Trinajstić information content (AvgIpc) is 2.84. The van der Waals surface area contributed by atoms with Crippen molar-refractivity contribution in [2.45, 2.75) is 51.4 Å². The van der Waals surface area contributed by atoms with Gasteiger partial charge in [-0.05, 0) is 68.3 Å². The molecule has 1 N–H and O–H groups in total. The van der Waals surface area contributed by atoms with Crippen LogP contribution in [0.2, 0.25) is 0 Å². The van der Waals surface area contributed by atoms with Gasteiger partial charge in [0, 0.05) is 12.8 Å². The minimum Gasteiger partial charge on any atom is -0.395 e. The molecule has 4 aliphatic rings. The summed E-state index contributed by atoms with van der Waals surface area (Å²) in [6.45, 7) is 0.0472. The smallest absolute Gasteiger partial charge is 0.155 e. The number of ketones is 2. The molecule has 0 unspecified atom stereocenters. The van der Waals surface area contributed by atoms with Gasteiger partial charge >= 0.3 is 0 Å². The largest absolute Gasteiger partial charge is 0.395 e. The second-order valence-corrected chi connectivity index (χ2v) is 7.62. The first-order valence-electron chi connectivity index (χ1n) is 8.53. The Labute approximate surface area is 125 Å². The summed E-state index contributed by atoms with van der Waals surface area (Å²) in [4.78, 5) is 24.0. The standard InChI is InChI=1S/C18H24O3/c19-10-18-8-7-14-13-4-2-12(20)9-11(13)1-3-15(14)16(18)5-6-17(18)21/h9,13-16,19H,1-8,10H2/t13-,14+,15+,16-,18+/m0/s1. The molecule has 4 aliphatic carbocycles. The van der Waals surface area contributed by atoms with Gasteiger partial charge in [-0.2, -0.15) is 0 Å². The molecule has 114 valence electrons. The van der Waals surface area contributed by atoms with Crippen LogP contribution in [0.15, 0.2) is 11.6 Å². The van der Waals surface area contributed by atoms with Gasteiger partial charge in [0.2, 0.25) is 0 Å². The summed E-state index contributed by atoms with van der Waals surface area (Å²) >= 11 is 0. The lowest BCUT2D eigenvalue weighted by Crippen LogP contribution is -2.49. The Morgan fingerprint density at radius 1 is 1.05 bits per heavy atom. The summed E-state index contributed by atoms with van der Waals surface area (Å²) in [5.41, 5.74) is 0.973. The van der Waals surface area contributed by atoms with E-state index in [2.05, 4.69) is 0 Å². The summed E-state index contributed by atoms with van der Waals surface area (Å²) in [7, 11) is 0. The molecule has 0 aliphatic heterocycles. The summed E-state index contributed by atoms with van der Waals surface area (Å²) in [6, 6.07) is 0. The summed E-state index contributed by atoms with van der Waals surface area (Å²) < 4.78 is 0. The first kappa shape index (κ1) is 13.7. The van der Waals surface area contributed by atoms with E-state index >= 15 is 0 Å². The van der Waals surface area contributed by atoms with Gasteiger partial charge in [-0.15, -0.1) is 0 Å². The second kappa shape index (κ2) is 4.77. The molecule has 21 heavy (non-hydrogen) atoms. The van der Waals surface area contributed by atoms with Crippen molar-refractivity contribution in [3.8, 4) is 0 Å². The number of rotatable bonds is 1. The van der Waals surface area contributed by atoms with Crippen LogP contribution < -0.4 is 0 Å². The molecule has 0 aromatic rings. The maximum atomic E-state index is 12.3. The van der Waals surface area contributed by atoms with Gasteiger partial charge in [0.05, 0.1) is 12.0 Å². The molecule has 0 amide bonds. The summed E-state index contributed by atoms with van der Waals surface area (Å²) in [5.74, 6) is 2.83. The van der Waals surface area contributed by atoms with Gasteiger partial charge in [0.15, 0.2) is 5.78 Å². The molecule has 0 aromatic heterocycles. The molecular formula is C18H24O3. The van der Waals surface area contributed by atoms with Crippen LogP contribution >= 0.6 is 0 Å². The first-order chi connectivity index (χ1) is 10.2. The lowest BCUT2D eigenvalue weighted by Gasteiger charge is -2.52. The highest BCUT2D eigenvalue weighted by atomic mass is 16.3. The fourth-order valence-corrected chi connectivity index (χ4v) is 6.05. The van der Waals surface area contributed by atoms with Gasteiger partial charge in [-0.25, -0.2) is 0 Å². The molecule has 0 radical (unpaired) electrons. The molecule has 3 saturated carbocycles. The topological polar surface area (TPSA) is 54.4 Å². The lowest BCUT2D eigenvalue weighted by molar-refractivity contribution is -0.136. The minimum absolute atomic E-state index is 0.0472. The molecule has 0 bridgehead atoms. The number of allylic oxidation sites excluding steroid dienone is 1. The quantitative estimate of drug-likeness (QED) is 0.807. The molecule has 0 aromatic carbocycles. The highest BCUT2D eigenvalue weighted by Gasteiger charge is 2.58. The van der Waals surface area contributed by atoms with E-state index in [4.69, 9.17) is 0 Å². The molecule has 3 heteroatoms. The Morgan fingerprint density at radius 3 is 2.71 bits per heavy atom. The zero-order chi connectivity index (χ0) is 14.6. The Kier molecular flexibility index (Phi) is 3.11. The van der Waals surface area contributed by atoms with Crippen LogP contribution in [-0.2, 0) is 9.59 Å². The average molecular weight is 288 g/mol. The van der Waals surface area contributed by atoms with E-state index in [9.17, 15) is 14.7 Å². The lowest BCUT2D eigenvalue weighted by atomic mass is 9.52. The van der Waals surface area contributed by atoms with E-state index in [1.807, 2.05) is 6.08 Å². The molecule has 4 rings (SSSR count). The Balaban J connectivity index is 1.65. The predicted molar refractivity (Wildman–Crippen MR) is 78.5 cm³/mol. The highest BCUT2D eigenvalue weighted by molar-refractivity contribution is 5.91. The molecule has 5 atom stereocenters. The van der Waals surface area contributed by atoms with Gasteiger partial charge in [0.25, 0.3) is 0 Å². The molecule has 0 heterocycles. The van der Waals surface area contributed by atoms with Gasteiger partial charge in [0.1, 0.15) is 5.78 Å². The molecular weight excluding hydrogens is 264 g/mol. The van der Waals surface area contributed by atoms with E-state index in [1.165, 1.54) is 5.57 Å². The third-order valence-electron chi connectivity index (χ3n) is 7.03. The first-order valence-corrected chi connectivity index (χ1v) is 8.53. The molecule has 3 fully saturated rings. The van der Waals surface area contributed by atoms with Crippen LogP contribution in [0.25, 0.3) is 0 Å². The summed E-state index contributed by atoms with van der Waals surface area (Å²) in [5, 5.41) is 9.90. The number of aliphatic hydroxyl groups excluding tert-OH is 1. The fourth-order valence-electron chi connectivity index (χ4n) is 6.05. The van der Waals surface area contributed by atoms with Crippen molar-refractivity contribution in [3.63, 3.8) is 0 Å². The highest BCUT2D eigenvalue weighted by Crippen LogP contribution is 2.60. The number of carbonyl (C=O) groups excluding carboxylic acids is 2. The Hall–Kier alpha value is -0.960. The van der Waals surface area contributed by atoms with Gasteiger partial charge < -0.3 is 5.11 Å². The van der Waals surface area contributed by atoms with Gasteiger partial charge in [-0.3, -0.25) is 9.59 Å². The van der Waals surface area contributed by atoms with E-state index in [-0.39, 0.29) is 6.61 Å². The second-order valence-electron chi connectivity index (χ2n) is 7.62. The van der Waals surface area contributed by atoms with Crippen LogP contribution in [0.3, 0.4) is 0 Å². The van der Waals surface area contributed by atoms with Crippen LogP contribution in [-0.4, -0.2) is 23.3 Å². The third kappa shape index (κ3) is 1.82. The maximum absolute atomic E-state index is 12.3. The van der Waals surface area contributed by atoms with E-state index < -0.39 is 5.41 Å². The third-order valence-corrected chi connectivity index (χ3v) is 7.03. The van der Waals surface area contributed by atoms with Crippen molar-refractivity contribution in [1.82, 2.24) is 0 Å². The number of aliphatic hydroxyl groups is 1. The molecule has 0 spiro atoms. The van der Waals surface area contributed by atoms with E-state index in [1.54, 1.807) is 0 Å². The maximum Gasteiger partial charge on any atom is 0.155 e. The van der Waals surface area contributed by atoms with Crippen molar-refractivity contribution < 1.29 is 14.7 Å². The SMILES string of the molecule is O=C1C=C2CC[C@@H]3[C@H](CC[C@]4(CO)C(=O)CC[C@@H]34)[C@H]2CC1. The predicted octanol–water partition coefficient (Wildman–Crippen LogP) is 2.67. The zero-order valence-corrected chi connectivity index (χ0v) is 12.5. The summed E-state index contributed by atoms with van der Waals surface area (Å²) in [6.07, 6.45) is 9.34. The van der Waals surface area contributed by atoms with Gasteiger partial charge in [-0.1, -0.05) is 5.57 Å². The van der Waals surface area contributed by atoms with Crippen molar-refractivity contribution >= 4 is 11.6 Å². The normalized spacial score (nSPS) is 45.7. The van der Waals surface area contributed by atoms with Crippen molar-refractivity contribution in [2.75, 3.05) is 6.61 Å². The number of hydrogen-bond acceptors (Lipinski definition) is 3. The van der Waals surface area contributed by atoms with Crippen molar-refractivity contribution in [2.24, 2.45) is 29.1 Å². The molecule has 0 saturated heterocycles. The van der Waals surface area contributed by atoms with Crippen LogP contribution in [0.5, 0.6) is 0 Å². The number of Topliss-reactive ketones (excluding diaryl/α,β-unsaturated/α-hetero) is 1. The number of hydrogen-bond donors (Lipinski definition) is 1. The van der Waals surface area contributed by atoms with Crippen LogP contribution in [0, 0.1) is 29.1 Å². The fraction of sp³-hybridized carbons (Fsp3) is 0.778. The van der Waals surface area contributed by atoms with E-state index in [0.717, 1.165) is 38.5 Å². The van der Waals surface area contributed by atoms with Crippen LogP contribution in [0.4, 0.5) is 0 Å². The monoisotopic (exact) mass is 288 g/mol. The van der Waals surface area contributed by atoms with E-state index in [0.29, 0.717) is 48.1 Å². The Bertz CT molecular complexity index is 521. The van der Waals surface area contributed by atoms with Crippen molar-refractivity contribution in [3.05, 3.63) is 11.6 Å². The number of carbonyl (C=O) groups is 2. The minimum atomic E-state index is -0.410. The van der Waals surface area contributed by atoms with Crippen LogP contribution in [0.1, 0.15) is 51.4 Å². The zero-order valence-electron chi connectivity index (χ0n) is 12.5. The number of fused-ring (bicyclic) bond motifs is 5. The van der Waals surface area contributed by atoms with Crippen molar-refractivity contribution in [1.29, 1.82) is 0 Å². The Morgan fingerprint density at radius 2 is 1.90 bits per heavy atom. The molecule has 3 nitrogen and oxygen atoms in total.